The van der Waals surface area contributed by atoms with E-state index in [4.69, 9.17) is 15.1 Å². The first-order chi connectivity index (χ1) is 12.6. The van der Waals surface area contributed by atoms with Crippen LogP contribution >= 0.6 is 0 Å². The Morgan fingerprint density at radius 3 is 2.63 bits per heavy atom. The van der Waals surface area contributed by atoms with Gasteiger partial charge in [-0.3, -0.25) is 0 Å². The minimum absolute atomic E-state index is 0.205. The van der Waals surface area contributed by atoms with Crippen molar-refractivity contribution in [1.82, 2.24) is 9.97 Å². The number of carbonyl (C=O) groups is 1. The topological polar surface area (TPSA) is 96.1 Å². The van der Waals surface area contributed by atoms with Crippen LogP contribution in [0.3, 0.4) is 0 Å². The fourth-order valence-corrected chi connectivity index (χ4v) is 2.32. The number of hydrogen-bond donors (Lipinski definition) is 1. The number of halogens is 3. The first-order valence-electron chi connectivity index (χ1n) is 7.96. The zero-order chi connectivity index (χ0) is 20.2. The van der Waals surface area contributed by atoms with Gasteiger partial charge in [0.2, 0.25) is 0 Å². The lowest BCUT2D eigenvalue weighted by Crippen LogP contribution is -2.17. The Labute approximate surface area is 153 Å². The lowest BCUT2D eigenvalue weighted by molar-refractivity contribution is -0.141. The second kappa shape index (κ2) is 8.03. The molecule has 1 N–H and O–H groups in total. The van der Waals surface area contributed by atoms with Gasteiger partial charge in [-0.15, -0.1) is 0 Å². The molecule has 0 fully saturated rings. The van der Waals surface area contributed by atoms with Gasteiger partial charge in [0.15, 0.2) is 17.6 Å². The number of aromatic carboxylic acids is 1. The molecule has 0 aliphatic heterocycles. The second-order valence-electron chi connectivity index (χ2n) is 6.15. The fourth-order valence-electron chi connectivity index (χ4n) is 2.32. The van der Waals surface area contributed by atoms with Crippen LogP contribution in [0, 0.1) is 17.2 Å². The molecule has 9 heteroatoms. The maximum atomic E-state index is 13.1. The molecule has 0 aliphatic carbocycles. The minimum atomic E-state index is -4.94. The summed E-state index contributed by atoms with van der Waals surface area (Å²) in [4.78, 5) is 18.1. The van der Waals surface area contributed by atoms with Crippen LogP contribution in [0.15, 0.2) is 30.5 Å². The largest absolute Gasteiger partial charge is 0.478 e. The highest BCUT2D eigenvalue weighted by atomic mass is 19.4. The van der Waals surface area contributed by atoms with Gasteiger partial charge in [-0.1, -0.05) is 26.0 Å². The Kier molecular flexibility index (Phi) is 6.00. The highest BCUT2D eigenvalue weighted by molar-refractivity contribution is 5.89. The van der Waals surface area contributed by atoms with Crippen LogP contribution in [-0.2, 0) is 6.18 Å². The van der Waals surface area contributed by atoms with Crippen LogP contribution in [0.1, 0.15) is 36.3 Å². The molecule has 2 rings (SSSR count). The van der Waals surface area contributed by atoms with Crippen molar-refractivity contribution in [3.8, 4) is 23.2 Å². The molecule has 2 aromatic rings. The van der Waals surface area contributed by atoms with Gasteiger partial charge in [-0.05, 0) is 18.1 Å². The molecule has 0 radical (unpaired) electrons. The SMILES string of the molecule is CC(C)CC(C#N)Oc1cccc(-c2ncc(C(=O)O)c(C(F)(F)F)n2)c1. The van der Waals surface area contributed by atoms with Gasteiger partial charge in [0.25, 0.3) is 0 Å². The third kappa shape index (κ3) is 5.17. The van der Waals surface area contributed by atoms with Crippen LogP contribution < -0.4 is 4.74 Å². The number of nitriles is 1. The van der Waals surface area contributed by atoms with Crippen molar-refractivity contribution >= 4 is 5.97 Å². The number of carboxylic acid groups (broad SMARTS) is 1. The average Bonchev–Trinajstić information content (AvgIpc) is 2.59. The van der Waals surface area contributed by atoms with Gasteiger partial charge in [-0.2, -0.15) is 18.4 Å². The van der Waals surface area contributed by atoms with E-state index in [9.17, 15) is 18.0 Å². The number of carboxylic acids is 1. The molecule has 0 saturated heterocycles. The normalized spacial score (nSPS) is 12.5. The van der Waals surface area contributed by atoms with Gasteiger partial charge in [0.05, 0.1) is 0 Å². The highest BCUT2D eigenvalue weighted by Crippen LogP contribution is 2.32. The summed E-state index contributed by atoms with van der Waals surface area (Å²) in [6.07, 6.45) is -4.54. The van der Waals surface area contributed by atoms with Crippen molar-refractivity contribution < 1.29 is 27.8 Å². The Hall–Kier alpha value is -3.15. The van der Waals surface area contributed by atoms with Gasteiger partial charge in [-0.25, -0.2) is 14.8 Å². The number of hydrogen-bond acceptors (Lipinski definition) is 5. The Morgan fingerprint density at radius 1 is 1.37 bits per heavy atom. The van der Waals surface area contributed by atoms with E-state index in [1.165, 1.54) is 18.2 Å². The summed E-state index contributed by atoms with van der Waals surface area (Å²) in [6, 6.07) is 7.97. The van der Waals surface area contributed by atoms with Crippen LogP contribution in [0.25, 0.3) is 11.4 Å². The third-order valence-electron chi connectivity index (χ3n) is 3.49. The Bertz CT molecular complexity index is 876. The molecule has 142 valence electrons. The quantitative estimate of drug-likeness (QED) is 0.809. The maximum Gasteiger partial charge on any atom is 0.434 e. The fraction of sp³-hybridized carbons (Fsp3) is 0.333. The first-order valence-corrected chi connectivity index (χ1v) is 7.96. The smallest absolute Gasteiger partial charge is 0.434 e. The van der Waals surface area contributed by atoms with E-state index in [1.807, 2.05) is 19.9 Å². The number of aromatic nitrogens is 2. The lowest BCUT2D eigenvalue weighted by atomic mass is 10.1. The molecule has 1 aromatic carbocycles. The van der Waals surface area contributed by atoms with E-state index < -0.39 is 29.5 Å². The summed E-state index contributed by atoms with van der Waals surface area (Å²) in [7, 11) is 0. The Balaban J connectivity index is 2.39. The van der Waals surface area contributed by atoms with Crippen molar-refractivity contribution in [3.05, 3.63) is 41.7 Å². The molecular weight excluding hydrogens is 363 g/mol. The summed E-state index contributed by atoms with van der Waals surface area (Å²) in [5.74, 6) is -1.56. The molecule has 0 aliphatic rings. The number of alkyl halides is 3. The van der Waals surface area contributed by atoms with Gasteiger partial charge in [0, 0.05) is 18.2 Å². The average molecular weight is 379 g/mol. The standard InChI is InChI=1S/C18H16F3N3O3/c1-10(2)6-13(8-22)27-12-5-3-4-11(7-12)16-23-9-14(17(25)26)15(24-16)18(19,20)21/h3-5,7,9-10,13H,6H2,1-2H3,(H,25,26). The number of rotatable bonds is 6. The summed E-state index contributed by atoms with van der Waals surface area (Å²) < 4.78 is 44.9. The van der Waals surface area contributed by atoms with Crippen molar-refractivity contribution in [3.63, 3.8) is 0 Å². The van der Waals surface area contributed by atoms with Gasteiger partial charge < -0.3 is 9.84 Å². The van der Waals surface area contributed by atoms with Crippen molar-refractivity contribution in [2.45, 2.75) is 32.5 Å². The second-order valence-corrected chi connectivity index (χ2v) is 6.15. The monoisotopic (exact) mass is 379 g/mol. The van der Waals surface area contributed by atoms with Crippen LogP contribution in [0.2, 0.25) is 0 Å². The molecule has 0 saturated carbocycles. The molecule has 1 heterocycles. The molecule has 0 bridgehead atoms. The molecule has 1 aromatic heterocycles. The summed E-state index contributed by atoms with van der Waals surface area (Å²) in [5, 5.41) is 18.1. The summed E-state index contributed by atoms with van der Waals surface area (Å²) in [5.41, 5.74) is -2.35. The number of benzene rings is 1. The van der Waals surface area contributed by atoms with E-state index in [2.05, 4.69) is 9.97 Å². The minimum Gasteiger partial charge on any atom is -0.478 e. The van der Waals surface area contributed by atoms with Crippen LogP contribution in [0.4, 0.5) is 13.2 Å². The van der Waals surface area contributed by atoms with E-state index in [1.54, 1.807) is 6.07 Å². The number of nitrogens with zero attached hydrogens (tertiary/aromatic N) is 3. The van der Waals surface area contributed by atoms with Crippen molar-refractivity contribution in [2.75, 3.05) is 0 Å². The van der Waals surface area contributed by atoms with Crippen molar-refractivity contribution in [2.24, 2.45) is 5.92 Å². The molecule has 27 heavy (non-hydrogen) atoms. The molecule has 1 atom stereocenters. The third-order valence-corrected chi connectivity index (χ3v) is 3.49. The molecular formula is C18H16F3N3O3. The molecule has 6 nitrogen and oxygen atoms in total. The molecule has 0 amide bonds. The zero-order valence-electron chi connectivity index (χ0n) is 14.5. The number of ether oxygens (including phenoxy) is 1. The predicted molar refractivity (Wildman–Crippen MR) is 88.9 cm³/mol. The zero-order valence-corrected chi connectivity index (χ0v) is 14.5. The highest BCUT2D eigenvalue weighted by Gasteiger charge is 2.38. The molecule has 1 unspecified atom stereocenters. The molecule has 0 spiro atoms. The van der Waals surface area contributed by atoms with Crippen LogP contribution in [0.5, 0.6) is 5.75 Å². The summed E-state index contributed by atoms with van der Waals surface area (Å²) >= 11 is 0. The van der Waals surface area contributed by atoms with E-state index in [0.29, 0.717) is 12.6 Å². The van der Waals surface area contributed by atoms with E-state index in [-0.39, 0.29) is 23.1 Å². The van der Waals surface area contributed by atoms with Gasteiger partial charge in [0.1, 0.15) is 17.4 Å². The summed E-state index contributed by atoms with van der Waals surface area (Å²) in [6.45, 7) is 3.86. The lowest BCUT2D eigenvalue weighted by Gasteiger charge is -2.15. The Morgan fingerprint density at radius 2 is 2.07 bits per heavy atom. The van der Waals surface area contributed by atoms with Crippen molar-refractivity contribution in [1.29, 1.82) is 5.26 Å². The van der Waals surface area contributed by atoms with E-state index >= 15 is 0 Å². The first kappa shape index (κ1) is 20.2. The maximum absolute atomic E-state index is 13.1. The van der Waals surface area contributed by atoms with Gasteiger partial charge >= 0.3 is 12.1 Å². The predicted octanol–water partition coefficient (Wildman–Crippen LogP) is 4.18. The van der Waals surface area contributed by atoms with E-state index in [0.717, 1.165) is 0 Å². The van der Waals surface area contributed by atoms with Crippen LogP contribution in [-0.4, -0.2) is 27.1 Å².